The van der Waals surface area contributed by atoms with Gasteiger partial charge in [0.15, 0.2) is 0 Å². The number of rotatable bonds is 10. The molecule has 0 aliphatic heterocycles. The quantitative estimate of drug-likeness (QED) is 0.386. The van der Waals surface area contributed by atoms with Crippen LogP contribution in [0.4, 0.5) is 0 Å². The van der Waals surface area contributed by atoms with Crippen molar-refractivity contribution in [3.8, 4) is 0 Å². The highest BCUT2D eigenvalue weighted by Gasteiger charge is 2.08. The normalized spacial score (nSPS) is 11.5. The smallest absolute Gasteiger partial charge is 0.427 e. The van der Waals surface area contributed by atoms with Crippen LogP contribution in [0.5, 0.6) is 0 Å². The van der Waals surface area contributed by atoms with Crippen LogP contribution in [0.3, 0.4) is 0 Å². The topological polar surface area (TPSA) is 104 Å². The van der Waals surface area contributed by atoms with Gasteiger partial charge in [-0.2, -0.15) is 9.59 Å². The highest BCUT2D eigenvalue weighted by molar-refractivity contribution is 6.40. The Hall–Kier alpha value is -0.715. The van der Waals surface area contributed by atoms with Crippen molar-refractivity contribution < 1.29 is 19.6 Å². The minimum atomic E-state index is -1.16. The van der Waals surface area contributed by atoms with Crippen LogP contribution in [0.1, 0.15) is 39.5 Å². The van der Waals surface area contributed by atoms with Gasteiger partial charge in [0.25, 0.3) is 0 Å². The zero-order chi connectivity index (χ0) is 15.1. The van der Waals surface area contributed by atoms with Gasteiger partial charge in [-0.05, 0) is 38.8 Å². The van der Waals surface area contributed by atoms with Gasteiger partial charge in [-0.3, -0.25) is 0 Å². The van der Waals surface area contributed by atoms with Crippen LogP contribution in [0, 0.1) is 0 Å². The first-order chi connectivity index (χ1) is 9.01. The molecule has 19 heavy (non-hydrogen) atoms. The maximum absolute atomic E-state index is 8.68. The first-order valence-electron chi connectivity index (χ1n) is 6.85. The monoisotopic (exact) mass is 274 g/mol. The molecule has 1 atom stereocenters. The van der Waals surface area contributed by atoms with Crippen molar-refractivity contribution in [2.75, 3.05) is 19.6 Å². The van der Waals surface area contributed by atoms with E-state index in [2.05, 4.69) is 18.7 Å². The van der Waals surface area contributed by atoms with E-state index in [0.29, 0.717) is 6.32 Å². The Morgan fingerprint density at radius 2 is 1.68 bits per heavy atom. The van der Waals surface area contributed by atoms with Gasteiger partial charge in [-0.15, -0.1) is 0 Å². The second-order valence-electron chi connectivity index (χ2n) is 4.42. The molecule has 0 amide bonds. The summed E-state index contributed by atoms with van der Waals surface area (Å²) in [6.07, 6.45) is 4.55. The molecule has 0 saturated carbocycles. The molecule has 0 rings (SSSR count). The molecule has 0 aromatic rings. The van der Waals surface area contributed by atoms with Crippen molar-refractivity contribution in [2.24, 2.45) is 5.73 Å². The van der Waals surface area contributed by atoms with Crippen molar-refractivity contribution in [1.29, 1.82) is 0 Å². The van der Waals surface area contributed by atoms with Crippen molar-refractivity contribution in [1.82, 2.24) is 4.90 Å². The van der Waals surface area contributed by atoms with Crippen LogP contribution in [0.15, 0.2) is 0 Å². The Bertz CT molecular complexity index is 220. The molecule has 0 fully saturated rings. The molecule has 0 aliphatic rings. The van der Waals surface area contributed by atoms with Gasteiger partial charge in [0.2, 0.25) is 0 Å². The minimum absolute atomic E-state index is 0.247. The summed E-state index contributed by atoms with van der Waals surface area (Å²) in [7, 11) is -1.16. The van der Waals surface area contributed by atoms with E-state index in [4.69, 9.17) is 25.4 Å². The summed E-state index contributed by atoms with van der Waals surface area (Å²) >= 11 is 0. The lowest BCUT2D eigenvalue weighted by Crippen LogP contribution is -2.30. The molecule has 0 aliphatic carbocycles. The van der Waals surface area contributed by atoms with Crippen molar-refractivity contribution in [3.63, 3.8) is 0 Å². The predicted octanol–water partition coefficient (Wildman–Crippen LogP) is 0.105. The van der Waals surface area contributed by atoms with Crippen LogP contribution in [-0.4, -0.2) is 53.9 Å². The Labute approximate surface area is 116 Å². The summed E-state index contributed by atoms with van der Waals surface area (Å²) in [5, 5.41) is 17.4. The van der Waals surface area contributed by atoms with E-state index in [1.165, 1.54) is 0 Å². The zero-order valence-corrected chi connectivity index (χ0v) is 12.0. The van der Waals surface area contributed by atoms with E-state index < -0.39 is 7.12 Å². The Morgan fingerprint density at radius 3 is 2.11 bits per heavy atom. The van der Waals surface area contributed by atoms with E-state index in [0.717, 1.165) is 45.3 Å². The zero-order valence-electron chi connectivity index (χ0n) is 12.0. The van der Waals surface area contributed by atoms with Gasteiger partial charge in [0.1, 0.15) is 0 Å². The van der Waals surface area contributed by atoms with Gasteiger partial charge >= 0.3 is 13.3 Å². The van der Waals surface area contributed by atoms with Crippen LogP contribution < -0.4 is 5.73 Å². The van der Waals surface area contributed by atoms with Crippen LogP contribution in [-0.2, 0) is 9.59 Å². The molecule has 0 bridgehead atoms. The van der Waals surface area contributed by atoms with Crippen LogP contribution in [0.25, 0.3) is 0 Å². The fourth-order valence-corrected chi connectivity index (χ4v) is 1.77. The molecule has 0 spiro atoms. The largest absolute Gasteiger partial charge is 0.451 e. The van der Waals surface area contributed by atoms with Gasteiger partial charge in [0, 0.05) is 6.04 Å². The van der Waals surface area contributed by atoms with Crippen LogP contribution >= 0.6 is 0 Å². The predicted molar refractivity (Wildman–Crippen MR) is 74.2 cm³/mol. The molecule has 112 valence electrons. The maximum atomic E-state index is 8.68. The summed E-state index contributed by atoms with van der Waals surface area (Å²) in [6, 6.07) is 0.247. The average molecular weight is 274 g/mol. The van der Waals surface area contributed by atoms with E-state index in [1.807, 2.05) is 0 Å². The summed E-state index contributed by atoms with van der Waals surface area (Å²) in [6.45, 7) is 7.56. The third-order valence-corrected chi connectivity index (χ3v) is 3.00. The molecular weight excluding hydrogens is 247 g/mol. The van der Waals surface area contributed by atoms with E-state index >= 15 is 0 Å². The highest BCUT2D eigenvalue weighted by atomic mass is 16.4. The molecule has 0 heterocycles. The van der Waals surface area contributed by atoms with Gasteiger partial charge in [0.05, 0.1) is 0 Å². The molecule has 0 unspecified atom stereocenters. The fraction of sp³-hybridized carbons (Fsp3) is 0.917. The van der Waals surface area contributed by atoms with E-state index in [-0.39, 0.29) is 12.2 Å². The highest BCUT2D eigenvalue weighted by Crippen LogP contribution is 2.06. The number of hydrogen-bond acceptors (Lipinski definition) is 6. The lowest BCUT2D eigenvalue weighted by molar-refractivity contribution is -0.191. The lowest BCUT2D eigenvalue weighted by atomic mass is 9.83. The van der Waals surface area contributed by atoms with Gasteiger partial charge < -0.3 is 20.7 Å². The third-order valence-electron chi connectivity index (χ3n) is 3.00. The minimum Gasteiger partial charge on any atom is -0.427 e. The second-order valence-corrected chi connectivity index (χ2v) is 4.42. The number of unbranched alkanes of at least 4 members (excludes halogenated alkanes) is 1. The Kier molecular flexibility index (Phi) is 16.6. The number of nitrogens with two attached hydrogens (primary N) is 1. The standard InChI is InChI=1S/C11H27BN2O2.CO2/c1-3-14(4-2)10-8-11(13)7-5-6-9-12(15)16;2-1-3/h11,15-16H,3-10,13H2,1-2H3;/t11-;/m1./s1. The van der Waals surface area contributed by atoms with Crippen molar-refractivity contribution in [3.05, 3.63) is 0 Å². The number of carbonyl (C=O) groups excluding carboxylic acids is 2. The number of nitrogens with zero attached hydrogens (tertiary/aromatic N) is 1. The Morgan fingerprint density at radius 1 is 1.16 bits per heavy atom. The van der Waals surface area contributed by atoms with Crippen molar-refractivity contribution >= 4 is 13.3 Å². The fourth-order valence-electron chi connectivity index (χ4n) is 1.77. The lowest BCUT2D eigenvalue weighted by Gasteiger charge is -2.20. The van der Waals surface area contributed by atoms with E-state index in [9.17, 15) is 0 Å². The average Bonchev–Trinajstić information content (AvgIpc) is 2.36. The molecule has 4 N–H and O–H groups in total. The molecular formula is C12H27BN2O4. The third kappa shape index (κ3) is 17.3. The molecule has 0 saturated heterocycles. The summed E-state index contributed by atoms with van der Waals surface area (Å²) < 4.78 is 0. The van der Waals surface area contributed by atoms with Crippen molar-refractivity contribution in [2.45, 2.75) is 51.9 Å². The number of hydrogen-bond donors (Lipinski definition) is 3. The van der Waals surface area contributed by atoms with E-state index in [1.54, 1.807) is 0 Å². The van der Waals surface area contributed by atoms with Gasteiger partial charge in [-0.25, -0.2) is 0 Å². The maximum Gasteiger partial charge on any atom is 0.451 e. The first kappa shape index (κ1) is 20.6. The summed E-state index contributed by atoms with van der Waals surface area (Å²) in [5.41, 5.74) is 6.00. The summed E-state index contributed by atoms with van der Waals surface area (Å²) in [4.78, 5) is 18.6. The molecule has 0 aromatic heterocycles. The Balaban J connectivity index is 0. The first-order valence-corrected chi connectivity index (χ1v) is 6.85. The molecule has 0 aromatic carbocycles. The molecule has 6 nitrogen and oxygen atoms in total. The molecule has 0 radical (unpaired) electrons. The summed E-state index contributed by atoms with van der Waals surface area (Å²) in [5.74, 6) is 0. The molecule has 7 heteroatoms. The SMILES string of the molecule is CCN(CC)CC[C@H](N)CCCCB(O)O.O=C=O. The van der Waals surface area contributed by atoms with Crippen LogP contribution in [0.2, 0.25) is 6.32 Å². The second kappa shape index (κ2) is 15.3. The van der Waals surface area contributed by atoms with Gasteiger partial charge in [-0.1, -0.05) is 26.7 Å².